The summed E-state index contributed by atoms with van der Waals surface area (Å²) in [4.78, 5) is 11.2. The van der Waals surface area contributed by atoms with Crippen LogP contribution in [-0.2, 0) is 0 Å². The summed E-state index contributed by atoms with van der Waals surface area (Å²) in [6.07, 6.45) is 1.35. The number of Topliss-reactive ketones (excluding diaryl/α,β-unsaturated/α-hetero) is 1. The number of halogens is 1. The maximum Gasteiger partial charge on any atom is 0.163 e. The van der Waals surface area contributed by atoms with Crippen LogP contribution in [0.1, 0.15) is 17.3 Å². The average Bonchev–Trinajstić information content (AvgIpc) is 2.55. The molecule has 0 aliphatic carbocycles. The predicted molar refractivity (Wildman–Crippen MR) is 52.9 cm³/mol. The molecule has 1 aromatic carbocycles. The third-order valence-electron chi connectivity index (χ3n) is 2.04. The molecule has 1 N–H and O–H groups in total. The molecule has 0 aliphatic heterocycles. The zero-order valence-corrected chi connectivity index (χ0v) is 8.13. The fraction of sp³-hybridized carbons (Fsp3) is 0.100. The molecule has 0 radical (unpaired) electrons. The summed E-state index contributed by atoms with van der Waals surface area (Å²) >= 11 is 5.85. The molecule has 0 fully saturated rings. The highest BCUT2D eigenvalue weighted by molar-refractivity contribution is 6.38. The molecule has 0 saturated heterocycles. The van der Waals surface area contributed by atoms with Gasteiger partial charge in [0.2, 0.25) is 0 Å². The molecular formula is C10H7ClO3. The second kappa shape index (κ2) is 3.03. The maximum atomic E-state index is 11.2. The lowest BCUT2D eigenvalue weighted by molar-refractivity contribution is 0.101. The Bertz CT molecular complexity index is 513. The number of rotatable bonds is 1. The van der Waals surface area contributed by atoms with Crippen LogP contribution in [0.5, 0.6) is 5.75 Å². The van der Waals surface area contributed by atoms with Gasteiger partial charge in [0.1, 0.15) is 17.6 Å². The predicted octanol–water partition coefficient (Wildman–Crippen LogP) is 2.99. The highest BCUT2D eigenvalue weighted by Gasteiger charge is 2.15. The van der Waals surface area contributed by atoms with E-state index in [9.17, 15) is 9.90 Å². The minimum absolute atomic E-state index is 0.0527. The van der Waals surface area contributed by atoms with Crippen LogP contribution < -0.4 is 0 Å². The van der Waals surface area contributed by atoms with Gasteiger partial charge in [-0.15, -0.1) is 0 Å². The van der Waals surface area contributed by atoms with E-state index in [0.29, 0.717) is 16.5 Å². The van der Waals surface area contributed by atoms with Crippen LogP contribution in [0.4, 0.5) is 0 Å². The van der Waals surface area contributed by atoms with Gasteiger partial charge in [0.25, 0.3) is 0 Å². The van der Waals surface area contributed by atoms with Crippen molar-refractivity contribution in [1.29, 1.82) is 0 Å². The van der Waals surface area contributed by atoms with Crippen LogP contribution in [0.15, 0.2) is 22.8 Å². The summed E-state index contributed by atoms with van der Waals surface area (Å²) < 4.78 is 5.13. The highest BCUT2D eigenvalue weighted by Crippen LogP contribution is 2.35. The van der Waals surface area contributed by atoms with Gasteiger partial charge < -0.3 is 9.52 Å². The van der Waals surface area contributed by atoms with E-state index in [1.165, 1.54) is 19.3 Å². The molecule has 2 rings (SSSR count). The molecule has 0 unspecified atom stereocenters. The molecule has 0 atom stereocenters. The van der Waals surface area contributed by atoms with Crippen molar-refractivity contribution in [3.63, 3.8) is 0 Å². The van der Waals surface area contributed by atoms with Gasteiger partial charge in [0.05, 0.1) is 16.0 Å². The van der Waals surface area contributed by atoms with Crippen molar-refractivity contribution in [2.24, 2.45) is 0 Å². The Balaban J connectivity index is 2.89. The molecule has 72 valence electrons. The molecule has 2 aromatic rings. The number of fused-ring (bicyclic) bond motifs is 1. The van der Waals surface area contributed by atoms with Gasteiger partial charge in [-0.2, -0.15) is 0 Å². The Morgan fingerprint density at radius 3 is 2.86 bits per heavy atom. The third-order valence-corrected chi connectivity index (χ3v) is 2.42. The van der Waals surface area contributed by atoms with Crippen molar-refractivity contribution in [2.45, 2.75) is 6.92 Å². The summed E-state index contributed by atoms with van der Waals surface area (Å²) in [6.45, 7) is 1.42. The molecule has 0 amide bonds. The van der Waals surface area contributed by atoms with Gasteiger partial charge in [-0.3, -0.25) is 4.79 Å². The van der Waals surface area contributed by atoms with Crippen LogP contribution >= 0.6 is 11.6 Å². The number of phenolic OH excluding ortho intramolecular Hbond substituents is 1. The van der Waals surface area contributed by atoms with Gasteiger partial charge in [0.15, 0.2) is 5.78 Å². The summed E-state index contributed by atoms with van der Waals surface area (Å²) in [5.41, 5.74) is 0.888. The zero-order valence-electron chi connectivity index (χ0n) is 7.37. The summed E-state index contributed by atoms with van der Waals surface area (Å²) in [5.74, 6) is -0.195. The van der Waals surface area contributed by atoms with Gasteiger partial charge in [-0.1, -0.05) is 11.6 Å². The zero-order chi connectivity index (χ0) is 10.3. The molecule has 0 spiro atoms. The van der Waals surface area contributed by atoms with Gasteiger partial charge in [-0.05, 0) is 19.1 Å². The summed E-state index contributed by atoms with van der Waals surface area (Å²) in [6, 6.07) is 3.00. The quantitative estimate of drug-likeness (QED) is 0.737. The molecule has 14 heavy (non-hydrogen) atoms. The first kappa shape index (κ1) is 9.09. The second-order valence-corrected chi connectivity index (χ2v) is 3.36. The molecular weight excluding hydrogens is 204 g/mol. The summed E-state index contributed by atoms with van der Waals surface area (Å²) in [7, 11) is 0. The first-order chi connectivity index (χ1) is 6.61. The van der Waals surface area contributed by atoms with E-state index in [0.717, 1.165) is 0 Å². The van der Waals surface area contributed by atoms with Crippen LogP contribution in [-0.4, -0.2) is 10.9 Å². The van der Waals surface area contributed by atoms with Crippen LogP contribution in [0.2, 0.25) is 5.02 Å². The largest absolute Gasteiger partial charge is 0.506 e. The molecule has 1 aromatic heterocycles. The Hall–Kier alpha value is -1.48. The second-order valence-electron chi connectivity index (χ2n) is 2.98. The smallest absolute Gasteiger partial charge is 0.163 e. The molecule has 4 heteroatoms. The lowest BCUT2D eigenvalue weighted by Gasteiger charge is -1.97. The standard InChI is InChI=1S/C10H7ClO3/c1-5(12)6-4-14-8-3-2-7(13)10(11)9(6)8/h2-4,13H,1H3. The minimum atomic E-state index is -0.142. The number of carbonyl (C=O) groups excluding carboxylic acids is 1. The van der Waals surface area contributed by atoms with E-state index in [1.807, 2.05) is 0 Å². The van der Waals surface area contributed by atoms with Gasteiger partial charge in [-0.25, -0.2) is 0 Å². The number of aromatic hydroxyl groups is 1. The lowest BCUT2D eigenvalue weighted by atomic mass is 10.1. The SMILES string of the molecule is CC(=O)c1coc2ccc(O)c(Cl)c12. The molecule has 1 heterocycles. The number of carbonyl (C=O) groups is 1. The molecule has 0 bridgehead atoms. The minimum Gasteiger partial charge on any atom is -0.506 e. The van der Waals surface area contributed by atoms with E-state index in [2.05, 4.69) is 0 Å². The van der Waals surface area contributed by atoms with Crippen molar-refractivity contribution < 1.29 is 14.3 Å². The Labute approximate surface area is 84.9 Å². The van der Waals surface area contributed by atoms with E-state index in [1.54, 1.807) is 6.07 Å². The van der Waals surface area contributed by atoms with E-state index in [4.69, 9.17) is 16.0 Å². The third kappa shape index (κ3) is 1.17. The maximum absolute atomic E-state index is 11.2. The topological polar surface area (TPSA) is 50.4 Å². The highest BCUT2D eigenvalue weighted by atomic mass is 35.5. The van der Waals surface area contributed by atoms with Crippen molar-refractivity contribution in [2.75, 3.05) is 0 Å². The summed E-state index contributed by atoms with van der Waals surface area (Å²) in [5, 5.41) is 9.98. The number of benzene rings is 1. The van der Waals surface area contributed by atoms with E-state index >= 15 is 0 Å². The molecule has 0 saturated carbocycles. The monoisotopic (exact) mass is 210 g/mol. The number of furan rings is 1. The number of hydrogen-bond acceptors (Lipinski definition) is 3. The van der Waals surface area contributed by atoms with Crippen molar-refractivity contribution in [1.82, 2.24) is 0 Å². The lowest BCUT2D eigenvalue weighted by Crippen LogP contribution is -1.89. The average molecular weight is 211 g/mol. The van der Waals surface area contributed by atoms with E-state index in [-0.39, 0.29) is 16.6 Å². The van der Waals surface area contributed by atoms with Gasteiger partial charge >= 0.3 is 0 Å². The van der Waals surface area contributed by atoms with Crippen molar-refractivity contribution in [3.05, 3.63) is 29.0 Å². The Kier molecular flexibility index (Phi) is 1.97. The fourth-order valence-electron chi connectivity index (χ4n) is 1.34. The van der Waals surface area contributed by atoms with E-state index < -0.39 is 0 Å². The number of hydrogen-bond donors (Lipinski definition) is 1. The normalized spacial score (nSPS) is 10.7. The Morgan fingerprint density at radius 2 is 2.21 bits per heavy atom. The first-order valence-corrected chi connectivity index (χ1v) is 4.38. The molecule has 3 nitrogen and oxygen atoms in total. The number of phenols is 1. The number of ketones is 1. The van der Waals surface area contributed by atoms with Crippen LogP contribution in [0, 0.1) is 0 Å². The fourth-order valence-corrected chi connectivity index (χ4v) is 1.59. The van der Waals surface area contributed by atoms with Crippen molar-refractivity contribution >= 4 is 28.4 Å². The van der Waals surface area contributed by atoms with Gasteiger partial charge in [0, 0.05) is 0 Å². The van der Waals surface area contributed by atoms with Crippen LogP contribution in [0.3, 0.4) is 0 Å². The first-order valence-electron chi connectivity index (χ1n) is 4.01. The van der Waals surface area contributed by atoms with Crippen LogP contribution in [0.25, 0.3) is 11.0 Å². The Morgan fingerprint density at radius 1 is 1.50 bits per heavy atom. The van der Waals surface area contributed by atoms with Crippen molar-refractivity contribution in [3.8, 4) is 5.75 Å². The molecule has 0 aliphatic rings.